The molecular formula is C15H21N3S. The predicted molar refractivity (Wildman–Crippen MR) is 84.3 cm³/mol. The Morgan fingerprint density at radius 1 is 1.26 bits per heavy atom. The van der Waals surface area contributed by atoms with Gasteiger partial charge in [0.1, 0.15) is 0 Å². The van der Waals surface area contributed by atoms with Crippen molar-refractivity contribution in [1.82, 2.24) is 10.7 Å². The van der Waals surface area contributed by atoms with Gasteiger partial charge < -0.3 is 5.32 Å². The molecule has 0 heterocycles. The fraction of sp³-hybridized carbons (Fsp3) is 0.467. The van der Waals surface area contributed by atoms with Crippen LogP contribution >= 0.6 is 12.2 Å². The summed E-state index contributed by atoms with van der Waals surface area (Å²) < 4.78 is 0. The number of hydrazone groups is 1. The van der Waals surface area contributed by atoms with E-state index in [2.05, 4.69) is 22.8 Å². The number of benzene rings is 1. The highest BCUT2D eigenvalue weighted by Gasteiger charge is 2.21. The Bertz CT molecular complexity index is 430. The second-order valence-corrected chi connectivity index (χ2v) is 5.53. The van der Waals surface area contributed by atoms with Crippen molar-refractivity contribution in [3.05, 3.63) is 35.9 Å². The van der Waals surface area contributed by atoms with E-state index in [1.807, 2.05) is 30.3 Å². The van der Waals surface area contributed by atoms with Gasteiger partial charge in [-0.2, -0.15) is 5.10 Å². The van der Waals surface area contributed by atoms with Gasteiger partial charge in [-0.15, -0.1) is 0 Å². The molecule has 1 fully saturated rings. The Balaban J connectivity index is 1.77. The number of thiocarbonyl (C=S) groups is 1. The minimum absolute atomic E-state index is 0.487. The molecule has 2 atom stereocenters. The standard InChI is InChI=1S/C15H21N3S/c1-12-7-5-6-10-14(12)17-15(19)18-16-11-13-8-3-2-4-9-13/h2-4,8-9,11-12,14H,5-7,10H2,1H3,(H2,17,18,19)/b16-11-/t12-,14+/m0/s1. The summed E-state index contributed by atoms with van der Waals surface area (Å²) in [5, 5.41) is 8.13. The van der Waals surface area contributed by atoms with Crippen molar-refractivity contribution >= 4 is 23.5 Å². The minimum atomic E-state index is 0.487. The number of hydrogen-bond acceptors (Lipinski definition) is 2. The van der Waals surface area contributed by atoms with Gasteiger partial charge in [-0.05, 0) is 36.5 Å². The summed E-state index contributed by atoms with van der Waals surface area (Å²) >= 11 is 5.27. The molecule has 4 heteroatoms. The summed E-state index contributed by atoms with van der Waals surface area (Å²) in [6.07, 6.45) is 6.89. The maximum absolute atomic E-state index is 5.27. The summed E-state index contributed by atoms with van der Waals surface area (Å²) in [6, 6.07) is 10.5. The fourth-order valence-corrected chi connectivity index (χ4v) is 2.64. The van der Waals surface area contributed by atoms with Gasteiger partial charge in [0.05, 0.1) is 6.21 Å². The van der Waals surface area contributed by atoms with Crippen LogP contribution in [0.2, 0.25) is 0 Å². The molecule has 0 aromatic heterocycles. The van der Waals surface area contributed by atoms with Gasteiger partial charge in [0.2, 0.25) is 0 Å². The lowest BCUT2D eigenvalue weighted by Crippen LogP contribution is -2.44. The molecule has 1 aliphatic carbocycles. The quantitative estimate of drug-likeness (QED) is 0.506. The maximum atomic E-state index is 5.27. The van der Waals surface area contributed by atoms with E-state index in [9.17, 15) is 0 Å². The SMILES string of the molecule is C[C@H]1CCCC[C@H]1NC(=S)N/N=C\c1ccccc1. The topological polar surface area (TPSA) is 36.4 Å². The van der Waals surface area contributed by atoms with Crippen LogP contribution < -0.4 is 10.7 Å². The summed E-state index contributed by atoms with van der Waals surface area (Å²) in [5.74, 6) is 0.687. The zero-order valence-corrected chi connectivity index (χ0v) is 12.1. The Morgan fingerprint density at radius 3 is 2.74 bits per heavy atom. The van der Waals surface area contributed by atoms with Crippen molar-refractivity contribution in [2.45, 2.75) is 38.6 Å². The van der Waals surface area contributed by atoms with Crippen molar-refractivity contribution in [3.8, 4) is 0 Å². The highest BCUT2D eigenvalue weighted by Crippen LogP contribution is 2.23. The lowest BCUT2D eigenvalue weighted by atomic mass is 9.86. The van der Waals surface area contributed by atoms with Crippen molar-refractivity contribution in [1.29, 1.82) is 0 Å². The van der Waals surface area contributed by atoms with Crippen molar-refractivity contribution in [3.63, 3.8) is 0 Å². The normalized spacial score (nSPS) is 23.2. The molecule has 1 saturated carbocycles. The molecule has 0 bridgehead atoms. The molecular weight excluding hydrogens is 254 g/mol. The van der Waals surface area contributed by atoms with Gasteiger partial charge in [0.15, 0.2) is 5.11 Å². The number of hydrogen-bond donors (Lipinski definition) is 2. The van der Waals surface area contributed by atoms with E-state index in [0.717, 1.165) is 5.56 Å². The molecule has 3 nitrogen and oxygen atoms in total. The fourth-order valence-electron chi connectivity index (χ4n) is 2.44. The van der Waals surface area contributed by atoms with Crippen molar-refractivity contribution in [2.75, 3.05) is 0 Å². The first-order valence-corrected chi connectivity index (χ1v) is 7.31. The zero-order valence-electron chi connectivity index (χ0n) is 11.3. The lowest BCUT2D eigenvalue weighted by Gasteiger charge is -2.30. The van der Waals surface area contributed by atoms with Gasteiger partial charge in [0, 0.05) is 6.04 Å². The molecule has 2 N–H and O–H groups in total. The molecule has 0 unspecified atom stereocenters. The average molecular weight is 275 g/mol. The van der Waals surface area contributed by atoms with E-state index < -0.39 is 0 Å². The average Bonchev–Trinajstić information content (AvgIpc) is 2.43. The van der Waals surface area contributed by atoms with Gasteiger partial charge >= 0.3 is 0 Å². The van der Waals surface area contributed by atoms with Crippen LogP contribution in [-0.2, 0) is 0 Å². The molecule has 0 spiro atoms. The Morgan fingerprint density at radius 2 is 2.00 bits per heavy atom. The third-order valence-electron chi connectivity index (χ3n) is 3.61. The Hall–Kier alpha value is -1.42. The third kappa shape index (κ3) is 4.63. The molecule has 0 amide bonds. The smallest absolute Gasteiger partial charge is 0.187 e. The monoisotopic (exact) mass is 275 g/mol. The van der Waals surface area contributed by atoms with E-state index in [1.54, 1.807) is 6.21 Å². The first kappa shape index (κ1) is 14.0. The van der Waals surface area contributed by atoms with Crippen LogP contribution in [0.5, 0.6) is 0 Å². The second-order valence-electron chi connectivity index (χ2n) is 5.12. The van der Waals surface area contributed by atoms with E-state index in [-0.39, 0.29) is 0 Å². The van der Waals surface area contributed by atoms with Crippen molar-refractivity contribution < 1.29 is 0 Å². The number of rotatable bonds is 3. The maximum Gasteiger partial charge on any atom is 0.187 e. The Labute approximate surface area is 120 Å². The molecule has 102 valence electrons. The van der Waals surface area contributed by atoms with E-state index in [4.69, 9.17) is 12.2 Å². The van der Waals surface area contributed by atoms with Crippen LogP contribution in [0.1, 0.15) is 38.2 Å². The summed E-state index contributed by atoms with van der Waals surface area (Å²) in [6.45, 7) is 2.28. The zero-order chi connectivity index (χ0) is 13.5. The van der Waals surface area contributed by atoms with Crippen LogP contribution in [0, 0.1) is 5.92 Å². The first-order valence-electron chi connectivity index (χ1n) is 6.90. The van der Waals surface area contributed by atoms with Crippen LogP contribution in [0.15, 0.2) is 35.4 Å². The number of nitrogens with one attached hydrogen (secondary N) is 2. The summed E-state index contributed by atoms with van der Waals surface area (Å²) in [7, 11) is 0. The van der Waals surface area contributed by atoms with Crippen LogP contribution in [-0.4, -0.2) is 17.4 Å². The van der Waals surface area contributed by atoms with Crippen LogP contribution in [0.25, 0.3) is 0 Å². The predicted octanol–water partition coefficient (Wildman–Crippen LogP) is 3.06. The van der Waals surface area contributed by atoms with Gasteiger partial charge in [-0.1, -0.05) is 50.1 Å². The first-order chi connectivity index (χ1) is 9.25. The molecule has 0 aliphatic heterocycles. The molecule has 1 aliphatic rings. The molecule has 0 radical (unpaired) electrons. The highest BCUT2D eigenvalue weighted by molar-refractivity contribution is 7.80. The highest BCUT2D eigenvalue weighted by atomic mass is 32.1. The van der Waals surface area contributed by atoms with Crippen LogP contribution in [0.3, 0.4) is 0 Å². The molecule has 2 rings (SSSR count). The molecule has 0 saturated heterocycles. The van der Waals surface area contributed by atoms with Gasteiger partial charge in [-0.3, -0.25) is 5.43 Å². The third-order valence-corrected chi connectivity index (χ3v) is 3.82. The van der Waals surface area contributed by atoms with Crippen molar-refractivity contribution in [2.24, 2.45) is 11.0 Å². The molecule has 1 aromatic rings. The van der Waals surface area contributed by atoms with Gasteiger partial charge in [0.25, 0.3) is 0 Å². The van der Waals surface area contributed by atoms with E-state index in [0.29, 0.717) is 17.1 Å². The number of nitrogens with zero attached hydrogens (tertiary/aromatic N) is 1. The van der Waals surface area contributed by atoms with Crippen LogP contribution in [0.4, 0.5) is 0 Å². The summed E-state index contributed by atoms with van der Waals surface area (Å²) in [4.78, 5) is 0. The van der Waals surface area contributed by atoms with E-state index >= 15 is 0 Å². The molecule has 1 aromatic carbocycles. The second kappa shape index (κ2) is 7.24. The lowest BCUT2D eigenvalue weighted by molar-refractivity contribution is 0.308. The van der Waals surface area contributed by atoms with Gasteiger partial charge in [-0.25, -0.2) is 0 Å². The largest absolute Gasteiger partial charge is 0.358 e. The summed E-state index contributed by atoms with van der Waals surface area (Å²) in [5.41, 5.74) is 3.95. The van der Waals surface area contributed by atoms with E-state index in [1.165, 1.54) is 25.7 Å². The molecule has 19 heavy (non-hydrogen) atoms. The Kier molecular flexibility index (Phi) is 5.33. The minimum Gasteiger partial charge on any atom is -0.358 e.